The molecule has 1 heterocycles. The van der Waals surface area contributed by atoms with Gasteiger partial charge in [-0.3, -0.25) is 19.7 Å². The van der Waals surface area contributed by atoms with Crippen LogP contribution in [0.2, 0.25) is 0 Å². The van der Waals surface area contributed by atoms with E-state index in [9.17, 15) is 24.5 Å². The Morgan fingerprint density at radius 1 is 1.05 bits per heavy atom. The first-order valence-electron chi connectivity index (χ1n) is 14.2. The summed E-state index contributed by atoms with van der Waals surface area (Å²) in [7, 11) is 0. The molecular formula is C33H31N3O6S2. The molecule has 0 fully saturated rings. The summed E-state index contributed by atoms with van der Waals surface area (Å²) in [5.41, 5.74) is 3.40. The minimum Gasteiger partial charge on any atom is -0.462 e. The van der Waals surface area contributed by atoms with E-state index in [1.807, 2.05) is 24.3 Å². The van der Waals surface area contributed by atoms with Gasteiger partial charge in [0.2, 0.25) is 5.91 Å². The first kappa shape index (κ1) is 31.0. The van der Waals surface area contributed by atoms with Crippen molar-refractivity contribution in [3.05, 3.63) is 116 Å². The second-order valence-electron chi connectivity index (χ2n) is 10.3. The number of thioether (sulfide) groups is 1. The lowest BCUT2D eigenvalue weighted by Crippen LogP contribution is -2.23. The van der Waals surface area contributed by atoms with Gasteiger partial charge in [-0.2, -0.15) is 0 Å². The van der Waals surface area contributed by atoms with E-state index in [-0.39, 0.29) is 23.8 Å². The number of rotatable bonds is 10. The highest BCUT2D eigenvalue weighted by atomic mass is 32.2. The number of thiophene rings is 1. The zero-order valence-corrected chi connectivity index (χ0v) is 25.8. The molecule has 44 heavy (non-hydrogen) atoms. The number of hydrogen-bond donors (Lipinski definition) is 2. The Morgan fingerprint density at radius 3 is 2.50 bits per heavy atom. The number of nitro benzene ring substituents is 1. The highest BCUT2D eigenvalue weighted by molar-refractivity contribution is 8.00. The van der Waals surface area contributed by atoms with Gasteiger partial charge in [0.15, 0.2) is 0 Å². The highest BCUT2D eigenvalue weighted by Crippen LogP contribution is 2.43. The van der Waals surface area contributed by atoms with Crippen LogP contribution in [0.3, 0.4) is 0 Å². The molecule has 11 heteroatoms. The number of nitro groups is 1. The van der Waals surface area contributed by atoms with Crippen molar-refractivity contribution in [2.45, 2.75) is 49.2 Å². The van der Waals surface area contributed by atoms with Crippen LogP contribution in [-0.4, -0.2) is 34.6 Å². The van der Waals surface area contributed by atoms with E-state index in [0.29, 0.717) is 22.2 Å². The lowest BCUT2D eigenvalue weighted by molar-refractivity contribution is -0.384. The van der Waals surface area contributed by atoms with Gasteiger partial charge in [0.25, 0.3) is 11.6 Å². The van der Waals surface area contributed by atoms with Crippen LogP contribution < -0.4 is 10.6 Å². The molecule has 1 aliphatic carbocycles. The van der Waals surface area contributed by atoms with Gasteiger partial charge < -0.3 is 15.4 Å². The molecule has 0 aliphatic heterocycles. The Morgan fingerprint density at radius 2 is 1.80 bits per heavy atom. The topological polar surface area (TPSA) is 128 Å². The smallest absolute Gasteiger partial charge is 0.341 e. The van der Waals surface area contributed by atoms with Gasteiger partial charge in [-0.1, -0.05) is 36.4 Å². The molecule has 0 saturated heterocycles. The summed E-state index contributed by atoms with van der Waals surface area (Å²) < 4.78 is 5.38. The summed E-state index contributed by atoms with van der Waals surface area (Å²) in [6, 6.07) is 22.8. The predicted molar refractivity (Wildman–Crippen MR) is 173 cm³/mol. The molecule has 5 rings (SSSR count). The third-order valence-electron chi connectivity index (χ3n) is 7.37. The number of benzene rings is 3. The SMILES string of the molecule is CCOC(=O)c1c(NC(=O)C(C)Sc2cccc(NC(=O)c3ccc([N+](=O)[O-])cc3)c2)sc2c1CCC(c1ccccc1)C2. The zero-order chi connectivity index (χ0) is 31.2. The maximum atomic E-state index is 13.4. The summed E-state index contributed by atoms with van der Waals surface area (Å²) in [4.78, 5) is 51.3. The summed E-state index contributed by atoms with van der Waals surface area (Å²) in [6.07, 6.45) is 2.45. The average Bonchev–Trinajstić information content (AvgIpc) is 3.38. The van der Waals surface area contributed by atoms with Crippen LogP contribution in [0.5, 0.6) is 0 Å². The lowest BCUT2D eigenvalue weighted by atomic mass is 9.83. The fraction of sp³-hybridized carbons (Fsp3) is 0.242. The number of nitrogens with zero attached hydrogens (tertiary/aromatic N) is 1. The zero-order valence-electron chi connectivity index (χ0n) is 24.2. The monoisotopic (exact) mass is 629 g/mol. The minimum atomic E-state index is -0.522. The van der Waals surface area contributed by atoms with Gasteiger partial charge in [0, 0.05) is 33.2 Å². The largest absolute Gasteiger partial charge is 0.462 e. The van der Waals surface area contributed by atoms with Crippen molar-refractivity contribution in [2.75, 3.05) is 17.2 Å². The van der Waals surface area contributed by atoms with E-state index < -0.39 is 22.0 Å². The Bertz CT molecular complexity index is 1690. The van der Waals surface area contributed by atoms with Crippen LogP contribution in [0.4, 0.5) is 16.4 Å². The summed E-state index contributed by atoms with van der Waals surface area (Å²) in [5.74, 6) is -0.728. The molecule has 3 aromatic carbocycles. The third kappa shape index (κ3) is 7.17. The number of carbonyl (C=O) groups excluding carboxylic acids is 3. The van der Waals surface area contributed by atoms with Crippen molar-refractivity contribution in [3.63, 3.8) is 0 Å². The van der Waals surface area contributed by atoms with E-state index in [4.69, 9.17) is 4.74 Å². The summed E-state index contributed by atoms with van der Waals surface area (Å²) in [5, 5.41) is 16.7. The number of ether oxygens (including phenoxy) is 1. The van der Waals surface area contributed by atoms with Crippen molar-refractivity contribution < 1.29 is 24.0 Å². The number of amides is 2. The molecule has 0 saturated carbocycles. The maximum Gasteiger partial charge on any atom is 0.341 e. The van der Waals surface area contributed by atoms with E-state index in [2.05, 4.69) is 22.8 Å². The molecule has 2 amide bonds. The van der Waals surface area contributed by atoms with Gasteiger partial charge in [0.1, 0.15) is 5.00 Å². The minimum absolute atomic E-state index is 0.0966. The molecule has 9 nitrogen and oxygen atoms in total. The van der Waals surface area contributed by atoms with Crippen LogP contribution >= 0.6 is 23.1 Å². The summed E-state index contributed by atoms with van der Waals surface area (Å²) >= 11 is 2.77. The van der Waals surface area contributed by atoms with Crippen LogP contribution in [0, 0.1) is 10.1 Å². The predicted octanol–water partition coefficient (Wildman–Crippen LogP) is 7.48. The van der Waals surface area contributed by atoms with Crippen molar-refractivity contribution in [3.8, 4) is 0 Å². The average molecular weight is 630 g/mol. The maximum absolute atomic E-state index is 13.4. The molecule has 0 radical (unpaired) electrons. The number of anilines is 2. The van der Waals surface area contributed by atoms with E-state index in [1.165, 1.54) is 52.9 Å². The van der Waals surface area contributed by atoms with Gasteiger partial charge in [-0.25, -0.2) is 4.79 Å². The molecule has 0 spiro atoms. The summed E-state index contributed by atoms with van der Waals surface area (Å²) in [6.45, 7) is 3.79. The fourth-order valence-corrected chi connectivity index (χ4v) is 7.40. The molecule has 2 N–H and O–H groups in total. The first-order chi connectivity index (χ1) is 21.2. The van der Waals surface area contributed by atoms with E-state index in [0.717, 1.165) is 34.6 Å². The first-order valence-corrected chi connectivity index (χ1v) is 15.9. The fourth-order valence-electron chi connectivity index (χ4n) is 5.16. The number of fused-ring (bicyclic) bond motifs is 1. The standard InChI is InChI=1S/C33H31N3O6S2/c1-3-42-33(39)29-27-17-14-23(21-8-5-4-6-9-21)18-28(27)44-32(29)35-30(37)20(2)43-26-11-7-10-24(19-26)34-31(38)22-12-15-25(16-13-22)36(40)41/h4-13,15-16,19-20,23H,3,14,17-18H2,1-2H3,(H,34,38)(H,35,37). The van der Waals surface area contributed by atoms with Crippen molar-refractivity contribution >= 4 is 57.3 Å². The molecule has 2 unspecified atom stereocenters. The lowest BCUT2D eigenvalue weighted by Gasteiger charge is -2.23. The highest BCUT2D eigenvalue weighted by Gasteiger charge is 2.31. The van der Waals surface area contributed by atoms with Crippen LogP contribution in [0.1, 0.15) is 62.9 Å². The van der Waals surface area contributed by atoms with Gasteiger partial charge >= 0.3 is 5.97 Å². The molecule has 0 bridgehead atoms. The molecule has 1 aromatic heterocycles. The van der Waals surface area contributed by atoms with Gasteiger partial charge in [0.05, 0.1) is 22.3 Å². The number of carbonyl (C=O) groups is 3. The van der Waals surface area contributed by atoms with E-state index >= 15 is 0 Å². The van der Waals surface area contributed by atoms with Crippen LogP contribution in [0.15, 0.2) is 83.8 Å². The van der Waals surface area contributed by atoms with Crippen molar-refractivity contribution in [2.24, 2.45) is 0 Å². The Hall–Kier alpha value is -4.48. The number of non-ortho nitro benzene ring substituents is 1. The Kier molecular flexibility index (Phi) is 9.76. The molecule has 4 aromatic rings. The van der Waals surface area contributed by atoms with Gasteiger partial charge in [-0.15, -0.1) is 23.1 Å². The number of esters is 1. The number of hydrogen-bond acceptors (Lipinski definition) is 8. The number of nitrogens with one attached hydrogen (secondary N) is 2. The third-order valence-corrected chi connectivity index (χ3v) is 9.63. The second-order valence-corrected chi connectivity index (χ2v) is 12.8. The Labute approximate surface area is 263 Å². The molecule has 226 valence electrons. The molecule has 2 atom stereocenters. The van der Waals surface area contributed by atoms with Crippen molar-refractivity contribution in [1.29, 1.82) is 0 Å². The second kappa shape index (κ2) is 13.9. The Balaban J connectivity index is 1.27. The molecular weight excluding hydrogens is 599 g/mol. The van der Waals surface area contributed by atoms with E-state index in [1.54, 1.807) is 32.0 Å². The molecule has 1 aliphatic rings. The van der Waals surface area contributed by atoms with Crippen molar-refractivity contribution in [1.82, 2.24) is 0 Å². The van der Waals surface area contributed by atoms with Crippen LogP contribution in [0.25, 0.3) is 0 Å². The van der Waals surface area contributed by atoms with Crippen LogP contribution in [-0.2, 0) is 22.4 Å². The quantitative estimate of drug-likeness (QED) is 0.0806. The van der Waals surface area contributed by atoms with Gasteiger partial charge in [-0.05, 0) is 80.5 Å². The normalized spacial score (nSPS) is 14.6.